The van der Waals surface area contributed by atoms with Crippen LogP contribution in [0, 0.1) is 0 Å². The lowest BCUT2D eigenvalue weighted by atomic mass is 10.2. The van der Waals surface area contributed by atoms with E-state index in [0.717, 1.165) is 35.1 Å². The second-order valence-electron chi connectivity index (χ2n) is 6.38. The summed E-state index contributed by atoms with van der Waals surface area (Å²) in [7, 11) is 0. The van der Waals surface area contributed by atoms with Crippen molar-refractivity contribution in [1.82, 2.24) is 4.57 Å². The van der Waals surface area contributed by atoms with Gasteiger partial charge in [0.1, 0.15) is 11.4 Å². The van der Waals surface area contributed by atoms with E-state index in [9.17, 15) is 9.90 Å². The normalized spacial score (nSPS) is 16.4. The van der Waals surface area contributed by atoms with E-state index in [1.807, 2.05) is 31.4 Å². The number of carbonyl (C=O) groups is 1. The molecule has 1 aromatic carbocycles. The van der Waals surface area contributed by atoms with Crippen LogP contribution < -0.4 is 0 Å². The molecule has 21 heavy (non-hydrogen) atoms. The van der Waals surface area contributed by atoms with Crippen LogP contribution in [-0.2, 0) is 16.0 Å². The molecule has 2 heterocycles. The average Bonchev–Trinajstić information content (AvgIpc) is 2.87. The van der Waals surface area contributed by atoms with E-state index in [2.05, 4.69) is 6.07 Å². The van der Waals surface area contributed by atoms with Gasteiger partial charge in [0.15, 0.2) is 0 Å². The highest BCUT2D eigenvalue weighted by Gasteiger charge is 2.22. The highest BCUT2D eigenvalue weighted by Crippen LogP contribution is 2.34. The molecular weight excluding hydrogens is 266 g/mol. The summed E-state index contributed by atoms with van der Waals surface area (Å²) in [5, 5.41) is 10.7. The summed E-state index contributed by atoms with van der Waals surface area (Å²) in [6.07, 6.45) is 3.26. The van der Waals surface area contributed by atoms with Crippen LogP contribution in [0.5, 0.6) is 5.75 Å². The SMILES string of the molecule is CC(C)(C)OC(=O)C=C1CCc2cc3ccc(O)cc3n21. The predicted octanol–water partition coefficient (Wildman–Crippen LogP) is 3.48. The van der Waals surface area contributed by atoms with E-state index >= 15 is 0 Å². The Hall–Kier alpha value is -2.23. The van der Waals surface area contributed by atoms with Crippen LogP contribution in [0.15, 0.2) is 30.3 Å². The molecule has 4 nitrogen and oxygen atoms in total. The maximum Gasteiger partial charge on any atom is 0.333 e. The lowest BCUT2D eigenvalue weighted by molar-refractivity contribution is -0.148. The molecule has 1 N–H and O–H groups in total. The first kappa shape index (κ1) is 13.7. The first-order valence-corrected chi connectivity index (χ1v) is 7.11. The molecule has 1 aromatic heterocycles. The number of aromatic nitrogens is 1. The molecule has 1 aliphatic heterocycles. The topological polar surface area (TPSA) is 51.5 Å². The number of hydrogen-bond donors (Lipinski definition) is 1. The summed E-state index contributed by atoms with van der Waals surface area (Å²) < 4.78 is 7.39. The molecule has 2 aromatic rings. The summed E-state index contributed by atoms with van der Waals surface area (Å²) in [6.45, 7) is 5.56. The molecule has 0 bridgehead atoms. The Morgan fingerprint density at radius 1 is 1.29 bits per heavy atom. The number of esters is 1. The number of nitrogens with zero attached hydrogens (tertiary/aromatic N) is 1. The number of allylic oxidation sites excluding steroid dienone is 1. The van der Waals surface area contributed by atoms with Gasteiger partial charge in [-0.05, 0) is 51.8 Å². The van der Waals surface area contributed by atoms with Crippen molar-refractivity contribution in [2.45, 2.75) is 39.2 Å². The van der Waals surface area contributed by atoms with E-state index in [4.69, 9.17) is 4.74 Å². The number of phenolic OH excluding ortho intramolecular Hbond substituents is 1. The minimum Gasteiger partial charge on any atom is -0.508 e. The van der Waals surface area contributed by atoms with E-state index in [1.165, 1.54) is 0 Å². The third-order valence-electron chi connectivity index (χ3n) is 3.48. The predicted molar refractivity (Wildman–Crippen MR) is 82.0 cm³/mol. The number of aryl methyl sites for hydroxylation is 1. The van der Waals surface area contributed by atoms with Gasteiger partial charge in [0.2, 0.25) is 0 Å². The minimum atomic E-state index is -0.493. The summed E-state index contributed by atoms with van der Waals surface area (Å²) in [6, 6.07) is 7.40. The number of aromatic hydroxyl groups is 1. The van der Waals surface area contributed by atoms with Crippen LogP contribution in [0.1, 0.15) is 32.9 Å². The maximum absolute atomic E-state index is 12.0. The Kier molecular flexibility index (Phi) is 3.04. The highest BCUT2D eigenvalue weighted by atomic mass is 16.6. The van der Waals surface area contributed by atoms with Crippen LogP contribution >= 0.6 is 0 Å². The molecule has 0 fully saturated rings. The van der Waals surface area contributed by atoms with Gasteiger partial charge in [-0.1, -0.05) is 0 Å². The summed E-state index contributed by atoms with van der Waals surface area (Å²) in [5.74, 6) is -0.0979. The lowest BCUT2D eigenvalue weighted by Crippen LogP contribution is -2.22. The zero-order valence-electron chi connectivity index (χ0n) is 12.5. The van der Waals surface area contributed by atoms with Crippen LogP contribution in [-0.4, -0.2) is 21.2 Å². The van der Waals surface area contributed by atoms with Gasteiger partial charge in [-0.2, -0.15) is 0 Å². The number of carbonyl (C=O) groups excluding carboxylic acids is 1. The molecule has 3 rings (SSSR count). The van der Waals surface area contributed by atoms with Gasteiger partial charge in [-0.3, -0.25) is 0 Å². The van der Waals surface area contributed by atoms with Crippen molar-refractivity contribution < 1.29 is 14.6 Å². The Morgan fingerprint density at radius 2 is 2.05 bits per heavy atom. The maximum atomic E-state index is 12.0. The van der Waals surface area contributed by atoms with E-state index < -0.39 is 5.60 Å². The number of fused-ring (bicyclic) bond motifs is 3. The Labute approximate surface area is 123 Å². The Balaban J connectivity index is 2.01. The van der Waals surface area contributed by atoms with Crippen LogP contribution in [0.3, 0.4) is 0 Å². The van der Waals surface area contributed by atoms with Gasteiger partial charge in [0.25, 0.3) is 0 Å². The largest absolute Gasteiger partial charge is 0.508 e. The molecule has 0 radical (unpaired) electrons. The smallest absolute Gasteiger partial charge is 0.333 e. The van der Waals surface area contributed by atoms with Gasteiger partial charge in [-0.15, -0.1) is 0 Å². The van der Waals surface area contributed by atoms with E-state index in [1.54, 1.807) is 18.2 Å². The Morgan fingerprint density at radius 3 is 2.76 bits per heavy atom. The van der Waals surface area contributed by atoms with Crippen LogP contribution in [0.4, 0.5) is 0 Å². The fourth-order valence-corrected chi connectivity index (χ4v) is 2.74. The third kappa shape index (κ3) is 2.66. The van der Waals surface area contributed by atoms with Crippen molar-refractivity contribution >= 4 is 22.6 Å². The molecule has 0 aliphatic carbocycles. The van der Waals surface area contributed by atoms with Crippen molar-refractivity contribution in [2.24, 2.45) is 0 Å². The zero-order chi connectivity index (χ0) is 15.2. The van der Waals surface area contributed by atoms with Crippen molar-refractivity contribution in [2.75, 3.05) is 0 Å². The van der Waals surface area contributed by atoms with Gasteiger partial charge >= 0.3 is 5.97 Å². The molecule has 0 atom stereocenters. The standard InChI is InChI=1S/C17H19NO3/c1-17(2,3)21-16(20)9-13-6-5-12-8-11-4-7-14(19)10-15(11)18(12)13/h4,7-10,19H,5-6H2,1-3H3. The van der Waals surface area contributed by atoms with Crippen molar-refractivity contribution in [3.8, 4) is 5.75 Å². The monoisotopic (exact) mass is 285 g/mol. The van der Waals surface area contributed by atoms with E-state index in [0.29, 0.717) is 0 Å². The second kappa shape index (κ2) is 4.65. The number of benzene rings is 1. The quantitative estimate of drug-likeness (QED) is 0.644. The third-order valence-corrected chi connectivity index (χ3v) is 3.48. The summed E-state index contributed by atoms with van der Waals surface area (Å²) >= 11 is 0. The van der Waals surface area contributed by atoms with Gasteiger partial charge in [0.05, 0.1) is 5.52 Å². The van der Waals surface area contributed by atoms with Crippen LogP contribution in [0.2, 0.25) is 0 Å². The molecule has 4 heteroatoms. The highest BCUT2D eigenvalue weighted by molar-refractivity contribution is 5.93. The lowest BCUT2D eigenvalue weighted by Gasteiger charge is -2.18. The number of phenols is 1. The summed E-state index contributed by atoms with van der Waals surface area (Å²) in [5.41, 5.74) is 2.51. The fraction of sp³-hybridized carbons (Fsp3) is 0.353. The van der Waals surface area contributed by atoms with Crippen molar-refractivity contribution in [3.05, 3.63) is 36.0 Å². The number of rotatable bonds is 1. The average molecular weight is 285 g/mol. The first-order chi connectivity index (χ1) is 9.83. The first-order valence-electron chi connectivity index (χ1n) is 7.11. The number of ether oxygens (including phenoxy) is 1. The molecule has 0 amide bonds. The molecular formula is C17H19NO3. The second-order valence-corrected chi connectivity index (χ2v) is 6.38. The zero-order valence-corrected chi connectivity index (χ0v) is 12.5. The molecule has 0 saturated heterocycles. The molecule has 1 aliphatic rings. The minimum absolute atomic E-state index is 0.229. The summed E-state index contributed by atoms with van der Waals surface area (Å²) in [4.78, 5) is 12.0. The van der Waals surface area contributed by atoms with Gasteiger partial charge in [-0.25, -0.2) is 4.79 Å². The van der Waals surface area contributed by atoms with E-state index in [-0.39, 0.29) is 11.7 Å². The molecule has 0 spiro atoms. The van der Waals surface area contributed by atoms with Crippen molar-refractivity contribution in [1.29, 1.82) is 0 Å². The number of hydrogen-bond acceptors (Lipinski definition) is 3. The molecule has 110 valence electrons. The van der Waals surface area contributed by atoms with Crippen molar-refractivity contribution in [3.63, 3.8) is 0 Å². The fourth-order valence-electron chi connectivity index (χ4n) is 2.74. The van der Waals surface area contributed by atoms with Gasteiger partial charge < -0.3 is 14.4 Å². The molecule has 0 saturated carbocycles. The van der Waals surface area contributed by atoms with Crippen LogP contribution in [0.25, 0.3) is 16.6 Å². The Bertz CT molecular complexity index is 747. The molecule has 0 unspecified atom stereocenters. The van der Waals surface area contributed by atoms with Gasteiger partial charge in [0, 0.05) is 28.9 Å².